The van der Waals surface area contributed by atoms with E-state index in [2.05, 4.69) is 5.32 Å². The fraction of sp³-hybridized carbons (Fsp3) is 0.538. The number of hydrogen-bond acceptors (Lipinski definition) is 4. The van der Waals surface area contributed by atoms with Crippen LogP contribution in [-0.4, -0.2) is 40.0 Å². The van der Waals surface area contributed by atoms with Crippen LogP contribution in [-0.2, 0) is 4.74 Å². The molecule has 1 aromatic carbocycles. The van der Waals surface area contributed by atoms with Crippen LogP contribution in [0.15, 0.2) is 24.3 Å². The maximum Gasteiger partial charge on any atom is 0.119 e. The summed E-state index contributed by atoms with van der Waals surface area (Å²) >= 11 is 0. The molecule has 4 nitrogen and oxygen atoms in total. The van der Waals surface area contributed by atoms with E-state index in [0.717, 1.165) is 37.8 Å². The molecule has 0 fully saturated rings. The molecule has 0 saturated carbocycles. The van der Waals surface area contributed by atoms with Crippen molar-refractivity contribution < 1.29 is 14.2 Å². The number of methoxy groups -OCH3 is 1. The molecule has 1 aromatic rings. The van der Waals surface area contributed by atoms with Crippen LogP contribution in [0.5, 0.6) is 11.5 Å². The molecular formula is C13H21NO3. The Bertz CT molecular complexity index is 287. The molecule has 0 aromatic heterocycles. The second kappa shape index (κ2) is 8.84. The normalized spacial score (nSPS) is 10.2. The van der Waals surface area contributed by atoms with Gasteiger partial charge < -0.3 is 19.5 Å². The highest BCUT2D eigenvalue weighted by atomic mass is 16.5. The molecule has 4 heteroatoms. The number of nitrogens with one attached hydrogen (secondary N) is 1. The van der Waals surface area contributed by atoms with Crippen molar-refractivity contribution in [2.75, 3.05) is 40.0 Å². The minimum absolute atomic E-state index is 0.651. The summed E-state index contributed by atoms with van der Waals surface area (Å²) in [6.07, 6.45) is 0. The highest BCUT2D eigenvalue weighted by molar-refractivity contribution is 5.31. The summed E-state index contributed by atoms with van der Waals surface area (Å²) in [7, 11) is 1.65. The first-order chi connectivity index (χ1) is 8.36. The first-order valence-corrected chi connectivity index (χ1v) is 5.92. The van der Waals surface area contributed by atoms with Gasteiger partial charge in [-0.1, -0.05) is 0 Å². The third-order valence-electron chi connectivity index (χ3n) is 2.23. The Labute approximate surface area is 103 Å². The van der Waals surface area contributed by atoms with Crippen molar-refractivity contribution in [1.29, 1.82) is 0 Å². The molecule has 0 atom stereocenters. The minimum Gasteiger partial charge on any atom is -0.497 e. The van der Waals surface area contributed by atoms with Crippen molar-refractivity contribution in [2.24, 2.45) is 0 Å². The van der Waals surface area contributed by atoms with Crippen LogP contribution in [0.3, 0.4) is 0 Å². The Morgan fingerprint density at radius 3 is 2.29 bits per heavy atom. The number of ether oxygens (including phenoxy) is 3. The second-order valence-electron chi connectivity index (χ2n) is 3.47. The zero-order chi connectivity index (χ0) is 12.3. The van der Waals surface area contributed by atoms with Gasteiger partial charge in [-0.2, -0.15) is 0 Å². The van der Waals surface area contributed by atoms with E-state index in [9.17, 15) is 0 Å². The second-order valence-corrected chi connectivity index (χ2v) is 3.47. The number of rotatable bonds is 9. The van der Waals surface area contributed by atoms with Crippen LogP contribution in [0.1, 0.15) is 6.92 Å². The summed E-state index contributed by atoms with van der Waals surface area (Å²) in [6, 6.07) is 7.58. The Kier molecular flexibility index (Phi) is 7.18. The van der Waals surface area contributed by atoms with Gasteiger partial charge in [0.2, 0.25) is 0 Å². The van der Waals surface area contributed by atoms with E-state index in [-0.39, 0.29) is 0 Å². The minimum atomic E-state index is 0.651. The average molecular weight is 239 g/mol. The maximum atomic E-state index is 5.55. The Morgan fingerprint density at radius 1 is 1.00 bits per heavy atom. The van der Waals surface area contributed by atoms with E-state index in [0.29, 0.717) is 6.61 Å². The fourth-order valence-electron chi connectivity index (χ4n) is 1.33. The van der Waals surface area contributed by atoms with E-state index < -0.39 is 0 Å². The average Bonchev–Trinajstić information content (AvgIpc) is 2.38. The van der Waals surface area contributed by atoms with Crippen molar-refractivity contribution in [3.8, 4) is 11.5 Å². The summed E-state index contributed by atoms with van der Waals surface area (Å²) in [5.74, 6) is 1.70. The zero-order valence-corrected chi connectivity index (χ0v) is 10.6. The first kappa shape index (κ1) is 13.8. The van der Waals surface area contributed by atoms with E-state index in [1.54, 1.807) is 7.11 Å². The zero-order valence-electron chi connectivity index (χ0n) is 10.6. The lowest BCUT2D eigenvalue weighted by molar-refractivity contribution is 0.148. The highest BCUT2D eigenvalue weighted by Crippen LogP contribution is 2.16. The molecule has 0 radical (unpaired) electrons. The molecule has 17 heavy (non-hydrogen) atoms. The van der Waals surface area contributed by atoms with E-state index >= 15 is 0 Å². The van der Waals surface area contributed by atoms with Crippen molar-refractivity contribution in [3.05, 3.63) is 24.3 Å². The van der Waals surface area contributed by atoms with Gasteiger partial charge in [0.1, 0.15) is 18.1 Å². The molecule has 96 valence electrons. The molecule has 0 unspecified atom stereocenters. The molecule has 0 bridgehead atoms. The van der Waals surface area contributed by atoms with Crippen LogP contribution >= 0.6 is 0 Å². The highest BCUT2D eigenvalue weighted by Gasteiger charge is 1.94. The van der Waals surface area contributed by atoms with E-state index in [1.165, 1.54) is 0 Å². The van der Waals surface area contributed by atoms with E-state index in [1.807, 2.05) is 31.2 Å². The summed E-state index contributed by atoms with van der Waals surface area (Å²) in [6.45, 7) is 5.84. The van der Waals surface area contributed by atoms with Gasteiger partial charge in [0.15, 0.2) is 0 Å². The summed E-state index contributed by atoms with van der Waals surface area (Å²) in [5.41, 5.74) is 0. The molecule has 0 aliphatic rings. The first-order valence-electron chi connectivity index (χ1n) is 5.92. The Hall–Kier alpha value is -1.26. The van der Waals surface area contributed by atoms with Crippen LogP contribution in [0, 0.1) is 0 Å². The summed E-state index contributed by atoms with van der Waals surface area (Å²) < 4.78 is 15.8. The van der Waals surface area contributed by atoms with Gasteiger partial charge >= 0.3 is 0 Å². The molecule has 0 aliphatic heterocycles. The number of hydrogen-bond donors (Lipinski definition) is 1. The van der Waals surface area contributed by atoms with Crippen molar-refractivity contribution in [1.82, 2.24) is 5.32 Å². The molecule has 0 heterocycles. The van der Waals surface area contributed by atoms with Crippen LogP contribution in [0.4, 0.5) is 0 Å². The molecule has 0 aliphatic carbocycles. The third kappa shape index (κ3) is 6.14. The number of benzene rings is 1. The van der Waals surface area contributed by atoms with Gasteiger partial charge in [-0.15, -0.1) is 0 Å². The molecule has 0 amide bonds. The largest absolute Gasteiger partial charge is 0.497 e. The van der Waals surface area contributed by atoms with Gasteiger partial charge in [-0.05, 0) is 31.2 Å². The molecule has 0 saturated heterocycles. The van der Waals surface area contributed by atoms with Crippen molar-refractivity contribution >= 4 is 0 Å². The van der Waals surface area contributed by atoms with Gasteiger partial charge in [-0.3, -0.25) is 0 Å². The van der Waals surface area contributed by atoms with Gasteiger partial charge in [0.25, 0.3) is 0 Å². The van der Waals surface area contributed by atoms with Crippen LogP contribution < -0.4 is 14.8 Å². The summed E-state index contributed by atoms with van der Waals surface area (Å²) in [5, 5.41) is 3.24. The smallest absolute Gasteiger partial charge is 0.119 e. The maximum absolute atomic E-state index is 5.55. The van der Waals surface area contributed by atoms with Gasteiger partial charge in [0, 0.05) is 19.7 Å². The molecule has 1 rings (SSSR count). The predicted octanol–water partition coefficient (Wildman–Crippen LogP) is 1.70. The predicted molar refractivity (Wildman–Crippen MR) is 67.9 cm³/mol. The fourth-order valence-corrected chi connectivity index (χ4v) is 1.33. The third-order valence-corrected chi connectivity index (χ3v) is 2.23. The van der Waals surface area contributed by atoms with E-state index in [4.69, 9.17) is 14.2 Å². The van der Waals surface area contributed by atoms with Crippen LogP contribution in [0.25, 0.3) is 0 Å². The Balaban J connectivity index is 2.05. The van der Waals surface area contributed by atoms with Crippen molar-refractivity contribution in [2.45, 2.75) is 6.92 Å². The lowest BCUT2D eigenvalue weighted by Crippen LogP contribution is -2.24. The van der Waals surface area contributed by atoms with Gasteiger partial charge in [0.05, 0.1) is 13.7 Å². The standard InChI is InChI=1S/C13H21NO3/c1-3-16-10-8-14-9-11-17-13-6-4-12(15-2)5-7-13/h4-7,14H,3,8-11H2,1-2H3. The van der Waals surface area contributed by atoms with Crippen LogP contribution in [0.2, 0.25) is 0 Å². The topological polar surface area (TPSA) is 39.7 Å². The van der Waals surface area contributed by atoms with Crippen molar-refractivity contribution in [3.63, 3.8) is 0 Å². The monoisotopic (exact) mass is 239 g/mol. The Morgan fingerprint density at radius 2 is 1.65 bits per heavy atom. The molecule has 1 N–H and O–H groups in total. The lowest BCUT2D eigenvalue weighted by Gasteiger charge is -2.08. The van der Waals surface area contributed by atoms with Gasteiger partial charge in [-0.25, -0.2) is 0 Å². The SMILES string of the molecule is CCOCCNCCOc1ccc(OC)cc1. The lowest BCUT2D eigenvalue weighted by atomic mass is 10.3. The molecule has 0 spiro atoms. The quantitative estimate of drug-likeness (QED) is 0.666. The summed E-state index contributed by atoms with van der Waals surface area (Å²) in [4.78, 5) is 0. The molecular weight excluding hydrogens is 218 g/mol.